The number of benzene rings is 3. The molecule has 7 nitrogen and oxygen atoms in total. The molecule has 0 saturated heterocycles. The number of nitro groups is 1. The van der Waals surface area contributed by atoms with Crippen molar-refractivity contribution in [1.29, 1.82) is 0 Å². The van der Waals surface area contributed by atoms with E-state index in [9.17, 15) is 14.9 Å². The SMILES string of the molecule is Cc1cc(/C=N\NC(=O)c2ccc([N+](=O)[O-])cc2)cc(C)c1OCc1ccc(Cl)cc1Cl. The molecule has 0 aliphatic rings. The lowest BCUT2D eigenvalue weighted by Crippen LogP contribution is -2.17. The number of aryl methyl sites for hydroxylation is 2. The van der Waals surface area contributed by atoms with Gasteiger partial charge in [0.1, 0.15) is 12.4 Å². The molecule has 0 atom stereocenters. The summed E-state index contributed by atoms with van der Waals surface area (Å²) in [6, 6.07) is 14.3. The van der Waals surface area contributed by atoms with Crippen LogP contribution in [0.25, 0.3) is 0 Å². The summed E-state index contributed by atoms with van der Waals surface area (Å²) in [6.07, 6.45) is 1.52. The Morgan fingerprint density at radius 2 is 1.75 bits per heavy atom. The number of halogens is 2. The average molecular weight is 472 g/mol. The second-order valence-corrected chi connectivity index (χ2v) is 7.85. The first-order valence-electron chi connectivity index (χ1n) is 9.50. The summed E-state index contributed by atoms with van der Waals surface area (Å²) in [5, 5.41) is 15.8. The van der Waals surface area contributed by atoms with Crippen molar-refractivity contribution in [1.82, 2.24) is 5.43 Å². The van der Waals surface area contributed by atoms with Gasteiger partial charge in [0.15, 0.2) is 0 Å². The Morgan fingerprint density at radius 3 is 2.34 bits per heavy atom. The zero-order valence-electron chi connectivity index (χ0n) is 17.3. The third kappa shape index (κ3) is 5.84. The summed E-state index contributed by atoms with van der Waals surface area (Å²) in [4.78, 5) is 22.3. The number of nitro benzene ring substituents is 1. The summed E-state index contributed by atoms with van der Waals surface area (Å²) in [5.74, 6) is 0.271. The summed E-state index contributed by atoms with van der Waals surface area (Å²) >= 11 is 12.1. The standard InChI is InChI=1S/C23H19Cl2N3O4/c1-14-9-16(12-26-27-23(29)17-4-7-20(8-5-17)28(30)31)10-15(2)22(14)32-13-18-3-6-19(24)11-21(18)25/h3-12H,13H2,1-2H3,(H,27,29)/b26-12-. The minimum atomic E-state index is -0.526. The predicted octanol–water partition coefficient (Wildman–Crippen LogP) is 5.86. The van der Waals surface area contributed by atoms with Gasteiger partial charge in [0, 0.05) is 33.3 Å². The Balaban J connectivity index is 1.64. The van der Waals surface area contributed by atoms with E-state index >= 15 is 0 Å². The molecule has 0 aliphatic carbocycles. The third-order valence-electron chi connectivity index (χ3n) is 4.59. The molecule has 1 amide bonds. The fourth-order valence-electron chi connectivity index (χ4n) is 3.04. The average Bonchev–Trinajstić information content (AvgIpc) is 2.74. The largest absolute Gasteiger partial charge is 0.488 e. The maximum atomic E-state index is 12.1. The minimum Gasteiger partial charge on any atom is -0.488 e. The van der Waals surface area contributed by atoms with Gasteiger partial charge in [-0.05, 0) is 66.9 Å². The molecule has 0 aromatic heterocycles. The first-order chi connectivity index (χ1) is 15.2. The van der Waals surface area contributed by atoms with E-state index in [-0.39, 0.29) is 11.3 Å². The molecule has 9 heteroatoms. The zero-order valence-corrected chi connectivity index (χ0v) is 18.8. The van der Waals surface area contributed by atoms with Crippen molar-refractivity contribution in [3.05, 3.63) is 103 Å². The van der Waals surface area contributed by atoms with Gasteiger partial charge in [-0.2, -0.15) is 5.10 Å². The van der Waals surface area contributed by atoms with Gasteiger partial charge in [-0.15, -0.1) is 0 Å². The molecular weight excluding hydrogens is 453 g/mol. The normalized spacial score (nSPS) is 10.9. The third-order valence-corrected chi connectivity index (χ3v) is 5.18. The molecule has 1 N–H and O–H groups in total. The molecule has 0 radical (unpaired) electrons. The number of nitrogens with one attached hydrogen (secondary N) is 1. The van der Waals surface area contributed by atoms with Crippen LogP contribution in [-0.4, -0.2) is 17.0 Å². The van der Waals surface area contributed by atoms with E-state index in [1.807, 2.05) is 32.0 Å². The van der Waals surface area contributed by atoms with Crippen LogP contribution in [0.4, 0.5) is 5.69 Å². The van der Waals surface area contributed by atoms with E-state index in [0.29, 0.717) is 16.7 Å². The Hall–Kier alpha value is -3.42. The molecule has 0 aliphatic heterocycles. The van der Waals surface area contributed by atoms with Crippen LogP contribution in [0.3, 0.4) is 0 Å². The fraction of sp³-hybridized carbons (Fsp3) is 0.130. The summed E-state index contributed by atoms with van der Waals surface area (Å²) < 4.78 is 5.97. The van der Waals surface area contributed by atoms with Crippen LogP contribution in [0, 0.1) is 24.0 Å². The molecule has 0 spiro atoms. The lowest BCUT2D eigenvalue weighted by Gasteiger charge is -2.14. The Bertz CT molecular complexity index is 1170. The Morgan fingerprint density at radius 1 is 1.09 bits per heavy atom. The van der Waals surface area contributed by atoms with Gasteiger partial charge in [-0.3, -0.25) is 14.9 Å². The quantitative estimate of drug-likeness (QED) is 0.265. The maximum Gasteiger partial charge on any atom is 0.271 e. The van der Waals surface area contributed by atoms with Crippen LogP contribution >= 0.6 is 23.2 Å². The number of hydrazone groups is 1. The highest BCUT2D eigenvalue weighted by Crippen LogP contribution is 2.27. The van der Waals surface area contributed by atoms with Gasteiger partial charge < -0.3 is 4.74 Å². The van der Waals surface area contributed by atoms with Crippen molar-refractivity contribution in [3.63, 3.8) is 0 Å². The number of ether oxygens (including phenoxy) is 1. The molecule has 3 rings (SSSR count). The van der Waals surface area contributed by atoms with E-state index in [4.69, 9.17) is 27.9 Å². The molecule has 0 unspecified atom stereocenters. The smallest absolute Gasteiger partial charge is 0.271 e. The van der Waals surface area contributed by atoms with Gasteiger partial charge in [-0.1, -0.05) is 29.3 Å². The lowest BCUT2D eigenvalue weighted by atomic mass is 10.1. The van der Waals surface area contributed by atoms with Crippen molar-refractivity contribution in [3.8, 4) is 5.75 Å². The second kappa shape index (κ2) is 10.3. The summed E-state index contributed by atoms with van der Waals surface area (Å²) in [7, 11) is 0. The number of nitrogens with zero attached hydrogens (tertiary/aromatic N) is 2. The molecule has 3 aromatic carbocycles. The van der Waals surface area contributed by atoms with Crippen LogP contribution in [0.2, 0.25) is 10.0 Å². The van der Waals surface area contributed by atoms with Crippen LogP contribution in [0.15, 0.2) is 59.7 Å². The molecule has 32 heavy (non-hydrogen) atoms. The number of rotatable bonds is 7. The van der Waals surface area contributed by atoms with Crippen LogP contribution in [-0.2, 0) is 6.61 Å². The highest BCUT2D eigenvalue weighted by Gasteiger charge is 2.10. The number of non-ortho nitro benzene ring substituents is 1. The Labute approximate surface area is 194 Å². The molecule has 0 saturated carbocycles. The first kappa shape index (κ1) is 23.2. The van der Waals surface area contributed by atoms with Crippen molar-refractivity contribution >= 4 is 41.0 Å². The lowest BCUT2D eigenvalue weighted by molar-refractivity contribution is -0.384. The van der Waals surface area contributed by atoms with Gasteiger partial charge in [-0.25, -0.2) is 5.43 Å². The molecule has 0 fully saturated rings. The number of carbonyl (C=O) groups excluding carboxylic acids is 1. The summed E-state index contributed by atoms with van der Waals surface area (Å²) in [5.41, 5.74) is 6.00. The zero-order chi connectivity index (χ0) is 23.3. The van der Waals surface area contributed by atoms with E-state index < -0.39 is 10.8 Å². The van der Waals surface area contributed by atoms with E-state index in [1.165, 1.54) is 30.5 Å². The Kier molecular flexibility index (Phi) is 7.45. The molecule has 3 aromatic rings. The second-order valence-electron chi connectivity index (χ2n) is 7.01. The van der Waals surface area contributed by atoms with E-state index in [0.717, 1.165) is 28.0 Å². The highest BCUT2D eigenvalue weighted by atomic mass is 35.5. The van der Waals surface area contributed by atoms with Crippen LogP contribution < -0.4 is 10.2 Å². The number of amides is 1. The molecule has 0 bridgehead atoms. The number of hydrogen-bond donors (Lipinski definition) is 1. The van der Waals surface area contributed by atoms with Gasteiger partial charge >= 0.3 is 0 Å². The van der Waals surface area contributed by atoms with E-state index in [2.05, 4.69) is 10.5 Å². The molecule has 0 heterocycles. The van der Waals surface area contributed by atoms with Crippen molar-refractivity contribution in [2.75, 3.05) is 0 Å². The number of hydrogen-bond acceptors (Lipinski definition) is 5. The van der Waals surface area contributed by atoms with Crippen molar-refractivity contribution in [2.45, 2.75) is 20.5 Å². The first-order valence-corrected chi connectivity index (χ1v) is 10.3. The minimum absolute atomic E-state index is 0.0864. The fourth-order valence-corrected chi connectivity index (χ4v) is 3.50. The summed E-state index contributed by atoms with van der Waals surface area (Å²) in [6.45, 7) is 4.13. The van der Waals surface area contributed by atoms with Gasteiger partial charge in [0.2, 0.25) is 0 Å². The van der Waals surface area contributed by atoms with Crippen LogP contribution in [0.1, 0.15) is 32.6 Å². The van der Waals surface area contributed by atoms with Crippen molar-refractivity contribution in [2.24, 2.45) is 5.10 Å². The highest BCUT2D eigenvalue weighted by molar-refractivity contribution is 6.35. The topological polar surface area (TPSA) is 93.8 Å². The predicted molar refractivity (Wildman–Crippen MR) is 125 cm³/mol. The molecule has 164 valence electrons. The van der Waals surface area contributed by atoms with E-state index in [1.54, 1.807) is 12.1 Å². The maximum absolute atomic E-state index is 12.1. The number of carbonyl (C=O) groups is 1. The molecular formula is C23H19Cl2N3O4. The monoisotopic (exact) mass is 471 g/mol. The van der Waals surface area contributed by atoms with Gasteiger partial charge in [0.05, 0.1) is 11.1 Å². The van der Waals surface area contributed by atoms with Gasteiger partial charge in [0.25, 0.3) is 11.6 Å². The van der Waals surface area contributed by atoms with Crippen molar-refractivity contribution < 1.29 is 14.5 Å². The van der Waals surface area contributed by atoms with Crippen LogP contribution in [0.5, 0.6) is 5.75 Å².